The molecule has 0 aromatic heterocycles. The maximum Gasteiger partial charge on any atom is 0.335 e. The van der Waals surface area contributed by atoms with E-state index in [0.29, 0.717) is 29.4 Å². The smallest absolute Gasteiger partial charge is 0.335 e. The monoisotopic (exact) mass is 310 g/mol. The second-order valence-electron chi connectivity index (χ2n) is 5.85. The van der Waals surface area contributed by atoms with E-state index in [1.165, 1.54) is 12.8 Å². The molecule has 0 heterocycles. The number of aromatic carboxylic acids is 1. The Morgan fingerprint density at radius 3 is 2.52 bits per heavy atom. The van der Waals surface area contributed by atoms with Crippen LogP contribution in [0.3, 0.4) is 0 Å². The highest BCUT2D eigenvalue weighted by Gasteiger charge is 2.22. The standard InChI is InChI=1S/C20H22O3/c1-5-6-13(2)14(3)15(4)17-9-18(20(21)22)11-19(10-17)23-12-16-7-8-16/h5-6,9-11,16H,1,3-4,7-8,12H2,2H3,(H,21,22)/b13-6-. The first-order chi connectivity index (χ1) is 10.9. The van der Waals surface area contributed by atoms with Crippen molar-refractivity contribution in [2.24, 2.45) is 5.92 Å². The number of carboxylic acid groups (broad SMARTS) is 1. The van der Waals surface area contributed by atoms with E-state index in [4.69, 9.17) is 4.74 Å². The van der Waals surface area contributed by atoms with E-state index in [9.17, 15) is 9.90 Å². The number of benzene rings is 1. The van der Waals surface area contributed by atoms with Gasteiger partial charge in [0, 0.05) is 0 Å². The Labute approximate surface area is 137 Å². The maximum absolute atomic E-state index is 11.4. The van der Waals surface area contributed by atoms with E-state index < -0.39 is 5.97 Å². The Morgan fingerprint density at radius 1 is 1.30 bits per heavy atom. The molecule has 120 valence electrons. The average Bonchev–Trinajstić information content (AvgIpc) is 3.35. The van der Waals surface area contributed by atoms with Crippen LogP contribution in [-0.2, 0) is 0 Å². The Morgan fingerprint density at radius 2 is 1.96 bits per heavy atom. The van der Waals surface area contributed by atoms with Crippen LogP contribution in [0.15, 0.2) is 61.2 Å². The van der Waals surface area contributed by atoms with Crippen molar-refractivity contribution in [3.05, 3.63) is 72.4 Å². The van der Waals surface area contributed by atoms with Gasteiger partial charge in [-0.05, 0) is 66.2 Å². The molecule has 1 aliphatic rings. The predicted molar refractivity (Wildman–Crippen MR) is 93.7 cm³/mol. The molecule has 1 fully saturated rings. The Hall–Kier alpha value is -2.55. The number of hydrogen-bond acceptors (Lipinski definition) is 2. The van der Waals surface area contributed by atoms with E-state index in [2.05, 4.69) is 19.7 Å². The van der Waals surface area contributed by atoms with Crippen molar-refractivity contribution in [1.82, 2.24) is 0 Å². The Kier molecular flexibility index (Phi) is 5.22. The minimum Gasteiger partial charge on any atom is -0.493 e. The van der Waals surface area contributed by atoms with Gasteiger partial charge in [0.05, 0.1) is 12.2 Å². The lowest BCUT2D eigenvalue weighted by molar-refractivity contribution is 0.0696. The van der Waals surface area contributed by atoms with Gasteiger partial charge in [-0.15, -0.1) is 0 Å². The number of allylic oxidation sites excluding steroid dienone is 5. The molecule has 0 radical (unpaired) electrons. The zero-order chi connectivity index (χ0) is 17.0. The van der Waals surface area contributed by atoms with Crippen molar-refractivity contribution in [3.8, 4) is 5.75 Å². The third kappa shape index (κ3) is 4.46. The normalized spacial score (nSPS) is 14.2. The molecule has 0 atom stereocenters. The van der Waals surface area contributed by atoms with Crippen LogP contribution in [0.2, 0.25) is 0 Å². The summed E-state index contributed by atoms with van der Waals surface area (Å²) in [6.45, 7) is 14.3. The van der Waals surface area contributed by atoms with E-state index in [1.807, 2.05) is 19.1 Å². The second-order valence-corrected chi connectivity index (χ2v) is 5.85. The van der Waals surface area contributed by atoms with Crippen LogP contribution in [0.4, 0.5) is 0 Å². The van der Waals surface area contributed by atoms with E-state index in [-0.39, 0.29) is 5.56 Å². The first kappa shape index (κ1) is 16.8. The van der Waals surface area contributed by atoms with Gasteiger partial charge in [-0.1, -0.05) is 31.9 Å². The Balaban J connectivity index is 2.29. The molecule has 0 bridgehead atoms. The first-order valence-corrected chi connectivity index (χ1v) is 7.61. The maximum atomic E-state index is 11.4. The van der Waals surface area contributed by atoms with Crippen LogP contribution >= 0.6 is 0 Å². The minimum atomic E-state index is -0.986. The number of ether oxygens (including phenoxy) is 1. The fraction of sp³-hybridized carbons (Fsp3) is 0.250. The minimum absolute atomic E-state index is 0.188. The summed E-state index contributed by atoms with van der Waals surface area (Å²) in [6, 6.07) is 4.97. The van der Waals surface area contributed by atoms with Crippen LogP contribution in [0.5, 0.6) is 5.75 Å². The number of carbonyl (C=O) groups is 1. The molecule has 1 saturated carbocycles. The van der Waals surface area contributed by atoms with E-state index in [0.717, 1.165) is 11.1 Å². The van der Waals surface area contributed by atoms with Gasteiger partial charge in [-0.2, -0.15) is 0 Å². The topological polar surface area (TPSA) is 46.5 Å². The average molecular weight is 310 g/mol. The van der Waals surface area contributed by atoms with Gasteiger partial charge in [0.2, 0.25) is 0 Å². The zero-order valence-corrected chi connectivity index (χ0v) is 13.5. The molecular weight excluding hydrogens is 288 g/mol. The van der Waals surface area contributed by atoms with Crippen molar-refractivity contribution in [1.29, 1.82) is 0 Å². The summed E-state index contributed by atoms with van der Waals surface area (Å²) in [7, 11) is 0. The molecule has 2 rings (SSSR count). The summed E-state index contributed by atoms with van der Waals surface area (Å²) in [4.78, 5) is 11.4. The molecule has 0 aliphatic heterocycles. The molecule has 0 unspecified atom stereocenters. The molecule has 1 aromatic rings. The quantitative estimate of drug-likeness (QED) is 0.696. The highest BCUT2D eigenvalue weighted by atomic mass is 16.5. The fourth-order valence-electron chi connectivity index (χ4n) is 2.17. The number of rotatable bonds is 8. The summed E-state index contributed by atoms with van der Waals surface area (Å²) in [5, 5.41) is 9.30. The molecule has 1 aromatic carbocycles. The van der Waals surface area contributed by atoms with Crippen molar-refractivity contribution < 1.29 is 14.6 Å². The van der Waals surface area contributed by atoms with Crippen molar-refractivity contribution in [3.63, 3.8) is 0 Å². The summed E-state index contributed by atoms with van der Waals surface area (Å²) < 4.78 is 5.73. The summed E-state index contributed by atoms with van der Waals surface area (Å²) in [5.74, 6) is 0.175. The van der Waals surface area contributed by atoms with Crippen molar-refractivity contribution in [2.45, 2.75) is 19.8 Å². The van der Waals surface area contributed by atoms with Gasteiger partial charge in [0.1, 0.15) is 5.75 Å². The highest BCUT2D eigenvalue weighted by molar-refractivity contribution is 5.91. The molecule has 0 amide bonds. The van der Waals surface area contributed by atoms with Gasteiger partial charge in [-0.25, -0.2) is 4.79 Å². The summed E-state index contributed by atoms with van der Waals surface area (Å²) in [6.07, 6.45) is 5.89. The van der Waals surface area contributed by atoms with Crippen LogP contribution in [-0.4, -0.2) is 17.7 Å². The van der Waals surface area contributed by atoms with Crippen LogP contribution in [0.1, 0.15) is 35.7 Å². The molecule has 3 nitrogen and oxygen atoms in total. The van der Waals surface area contributed by atoms with Crippen molar-refractivity contribution >= 4 is 11.5 Å². The third-order valence-corrected chi connectivity index (χ3v) is 3.89. The van der Waals surface area contributed by atoms with Gasteiger partial charge in [0.25, 0.3) is 0 Å². The lowest BCUT2D eigenvalue weighted by atomic mass is 9.94. The lowest BCUT2D eigenvalue weighted by Crippen LogP contribution is -2.03. The first-order valence-electron chi connectivity index (χ1n) is 7.61. The number of carboxylic acids is 1. The van der Waals surface area contributed by atoms with E-state index in [1.54, 1.807) is 18.2 Å². The van der Waals surface area contributed by atoms with Gasteiger partial charge in [-0.3, -0.25) is 0 Å². The predicted octanol–water partition coefficient (Wildman–Crippen LogP) is 4.88. The third-order valence-electron chi connectivity index (χ3n) is 3.89. The summed E-state index contributed by atoms with van der Waals surface area (Å²) in [5.41, 5.74) is 3.26. The highest BCUT2D eigenvalue weighted by Crippen LogP contribution is 2.32. The van der Waals surface area contributed by atoms with Gasteiger partial charge >= 0.3 is 5.97 Å². The summed E-state index contributed by atoms with van der Waals surface area (Å²) >= 11 is 0. The lowest BCUT2D eigenvalue weighted by Gasteiger charge is -2.13. The molecule has 1 aliphatic carbocycles. The molecule has 23 heavy (non-hydrogen) atoms. The van der Waals surface area contributed by atoms with Crippen LogP contribution < -0.4 is 4.74 Å². The SMILES string of the molecule is C=C/C=C(/C)C(=C)C(=C)c1cc(OCC2CC2)cc(C(=O)O)c1. The van der Waals surface area contributed by atoms with Crippen LogP contribution in [0.25, 0.3) is 5.57 Å². The molecule has 0 spiro atoms. The molecular formula is C20H22O3. The van der Waals surface area contributed by atoms with Gasteiger partial charge < -0.3 is 9.84 Å². The van der Waals surface area contributed by atoms with Gasteiger partial charge in [0.15, 0.2) is 0 Å². The van der Waals surface area contributed by atoms with Crippen molar-refractivity contribution in [2.75, 3.05) is 6.61 Å². The molecule has 0 saturated heterocycles. The molecule has 1 N–H and O–H groups in total. The molecule has 3 heteroatoms. The fourth-order valence-corrected chi connectivity index (χ4v) is 2.17. The van der Waals surface area contributed by atoms with Crippen LogP contribution in [0, 0.1) is 5.92 Å². The number of hydrogen-bond donors (Lipinski definition) is 1. The zero-order valence-electron chi connectivity index (χ0n) is 13.5. The largest absolute Gasteiger partial charge is 0.493 e. The van der Waals surface area contributed by atoms with E-state index >= 15 is 0 Å². The Bertz CT molecular complexity index is 691. The second kappa shape index (κ2) is 7.14.